The third-order valence-corrected chi connectivity index (χ3v) is 3.26. The molecule has 4 heteroatoms. The van der Waals surface area contributed by atoms with Gasteiger partial charge in [0.25, 0.3) is 0 Å². The van der Waals surface area contributed by atoms with E-state index < -0.39 is 0 Å². The van der Waals surface area contributed by atoms with Gasteiger partial charge in [0.2, 0.25) is 0 Å². The van der Waals surface area contributed by atoms with Crippen molar-refractivity contribution >= 4 is 0 Å². The molecule has 0 bridgehead atoms. The molecule has 0 aromatic heterocycles. The number of benzene rings is 2. The molecule has 0 saturated heterocycles. The molecule has 0 saturated carbocycles. The summed E-state index contributed by atoms with van der Waals surface area (Å²) in [7, 11) is 0. The molecule has 21 heavy (non-hydrogen) atoms. The zero-order valence-corrected chi connectivity index (χ0v) is 11.8. The highest BCUT2D eigenvalue weighted by atomic mass is 16.5. The Morgan fingerprint density at radius 2 is 1.48 bits per heavy atom. The van der Waals surface area contributed by atoms with Crippen molar-refractivity contribution in [1.29, 1.82) is 0 Å². The predicted octanol–water partition coefficient (Wildman–Crippen LogP) is 2.64. The van der Waals surface area contributed by atoms with Crippen molar-refractivity contribution < 1.29 is 20.1 Å². The second-order valence-electron chi connectivity index (χ2n) is 4.85. The first kappa shape index (κ1) is 15.2. The highest BCUT2D eigenvalue weighted by molar-refractivity contribution is 5.45. The van der Waals surface area contributed by atoms with Gasteiger partial charge in [-0.05, 0) is 54.7 Å². The van der Waals surface area contributed by atoms with Crippen molar-refractivity contribution in [2.24, 2.45) is 0 Å². The number of phenols is 2. The summed E-state index contributed by atoms with van der Waals surface area (Å²) in [4.78, 5) is 0. The molecule has 2 aromatic carbocycles. The number of hydrogen-bond donors (Lipinski definition) is 3. The summed E-state index contributed by atoms with van der Waals surface area (Å²) >= 11 is 0. The fourth-order valence-corrected chi connectivity index (χ4v) is 2.15. The summed E-state index contributed by atoms with van der Waals surface area (Å²) < 4.78 is 5.58. The minimum Gasteiger partial charge on any atom is -0.508 e. The van der Waals surface area contributed by atoms with Crippen LogP contribution in [0.25, 0.3) is 0 Å². The van der Waals surface area contributed by atoms with Crippen LogP contribution in [0.4, 0.5) is 0 Å². The van der Waals surface area contributed by atoms with Crippen LogP contribution in [-0.2, 0) is 12.8 Å². The van der Waals surface area contributed by atoms with Crippen LogP contribution in [0.15, 0.2) is 42.5 Å². The largest absolute Gasteiger partial charge is 0.508 e. The number of hydrogen-bond acceptors (Lipinski definition) is 4. The van der Waals surface area contributed by atoms with Crippen molar-refractivity contribution in [3.05, 3.63) is 53.6 Å². The average molecular weight is 288 g/mol. The van der Waals surface area contributed by atoms with Crippen LogP contribution in [0.3, 0.4) is 0 Å². The number of ether oxygens (including phenoxy) is 1. The second-order valence-corrected chi connectivity index (χ2v) is 4.85. The Bertz CT molecular complexity index is 567. The van der Waals surface area contributed by atoms with E-state index >= 15 is 0 Å². The van der Waals surface area contributed by atoms with E-state index in [1.165, 1.54) is 6.07 Å². The van der Waals surface area contributed by atoms with E-state index in [4.69, 9.17) is 9.84 Å². The highest BCUT2D eigenvalue weighted by Crippen LogP contribution is 2.28. The van der Waals surface area contributed by atoms with E-state index in [-0.39, 0.29) is 18.1 Å². The quantitative estimate of drug-likeness (QED) is 0.541. The van der Waals surface area contributed by atoms with Crippen LogP contribution >= 0.6 is 0 Å². The molecule has 0 aliphatic heterocycles. The number of aryl methyl sites for hydroxylation is 1. The Kier molecular flexibility index (Phi) is 5.46. The first-order valence-electron chi connectivity index (χ1n) is 7.03. The van der Waals surface area contributed by atoms with Gasteiger partial charge in [0.15, 0.2) is 0 Å². The molecule has 0 amide bonds. The maximum absolute atomic E-state index is 9.93. The van der Waals surface area contributed by atoms with E-state index in [1.54, 1.807) is 6.07 Å². The third-order valence-electron chi connectivity index (χ3n) is 3.26. The number of rotatable bonds is 7. The molecule has 2 rings (SSSR count). The number of para-hydroxylation sites is 1. The SMILES string of the molecule is OCCc1cc(O)c(CCCOc2ccccc2)cc1O. The lowest BCUT2D eigenvalue weighted by Crippen LogP contribution is -2.00. The maximum Gasteiger partial charge on any atom is 0.119 e. The summed E-state index contributed by atoms with van der Waals surface area (Å²) in [5.41, 5.74) is 1.24. The first-order chi connectivity index (χ1) is 10.2. The van der Waals surface area contributed by atoms with Crippen LogP contribution in [0.2, 0.25) is 0 Å². The van der Waals surface area contributed by atoms with Gasteiger partial charge >= 0.3 is 0 Å². The lowest BCUT2D eigenvalue weighted by molar-refractivity contribution is 0.297. The Morgan fingerprint density at radius 3 is 2.10 bits per heavy atom. The standard InChI is InChI=1S/C17H20O4/c18-9-8-14-12-16(19)13(11-17(14)20)5-4-10-21-15-6-2-1-3-7-15/h1-3,6-7,11-12,18-20H,4-5,8-10H2. The third kappa shape index (κ3) is 4.39. The molecule has 4 nitrogen and oxygen atoms in total. The lowest BCUT2D eigenvalue weighted by atomic mass is 10.0. The van der Waals surface area contributed by atoms with Crippen molar-refractivity contribution in [2.75, 3.05) is 13.2 Å². The molecule has 0 radical (unpaired) electrons. The molecule has 0 unspecified atom stereocenters. The molecule has 0 atom stereocenters. The minimum absolute atomic E-state index is 0.0583. The number of phenolic OH excluding ortho intramolecular Hbond substituents is 2. The van der Waals surface area contributed by atoms with E-state index in [2.05, 4.69) is 0 Å². The van der Waals surface area contributed by atoms with Gasteiger partial charge < -0.3 is 20.1 Å². The number of aliphatic hydroxyl groups excluding tert-OH is 1. The van der Waals surface area contributed by atoms with Crippen LogP contribution < -0.4 is 4.74 Å². The van der Waals surface area contributed by atoms with E-state index in [1.807, 2.05) is 30.3 Å². The normalized spacial score (nSPS) is 10.5. The smallest absolute Gasteiger partial charge is 0.119 e. The van der Waals surface area contributed by atoms with Gasteiger partial charge in [-0.15, -0.1) is 0 Å². The highest BCUT2D eigenvalue weighted by Gasteiger charge is 2.08. The average Bonchev–Trinajstić information content (AvgIpc) is 2.49. The van der Waals surface area contributed by atoms with Gasteiger partial charge in [-0.25, -0.2) is 0 Å². The Balaban J connectivity index is 1.87. The zero-order valence-electron chi connectivity index (χ0n) is 11.8. The number of aromatic hydroxyl groups is 2. The molecule has 112 valence electrons. The summed E-state index contributed by atoms with van der Waals surface area (Å²) in [5, 5.41) is 28.6. The van der Waals surface area contributed by atoms with Crippen molar-refractivity contribution in [3.63, 3.8) is 0 Å². The Hall–Kier alpha value is -2.20. The molecule has 3 N–H and O–H groups in total. The van der Waals surface area contributed by atoms with Gasteiger partial charge in [-0.1, -0.05) is 18.2 Å². The van der Waals surface area contributed by atoms with E-state index in [0.29, 0.717) is 30.6 Å². The van der Waals surface area contributed by atoms with E-state index in [9.17, 15) is 10.2 Å². The molecule has 2 aromatic rings. The fraction of sp³-hybridized carbons (Fsp3) is 0.294. The second kappa shape index (κ2) is 7.55. The molecule has 0 heterocycles. The van der Waals surface area contributed by atoms with Crippen LogP contribution in [0.5, 0.6) is 17.2 Å². The summed E-state index contributed by atoms with van der Waals surface area (Å²) in [6.07, 6.45) is 1.68. The van der Waals surface area contributed by atoms with Gasteiger partial charge in [0.1, 0.15) is 17.2 Å². The Morgan fingerprint density at radius 1 is 0.857 bits per heavy atom. The molecular formula is C17H20O4. The predicted molar refractivity (Wildman–Crippen MR) is 80.8 cm³/mol. The molecular weight excluding hydrogens is 268 g/mol. The maximum atomic E-state index is 9.93. The number of aliphatic hydroxyl groups is 1. The summed E-state index contributed by atoms with van der Waals surface area (Å²) in [5.74, 6) is 1.08. The van der Waals surface area contributed by atoms with Gasteiger partial charge in [0.05, 0.1) is 6.61 Å². The monoisotopic (exact) mass is 288 g/mol. The van der Waals surface area contributed by atoms with Gasteiger partial charge in [-0.3, -0.25) is 0 Å². The van der Waals surface area contributed by atoms with Gasteiger partial charge in [0, 0.05) is 6.61 Å². The van der Waals surface area contributed by atoms with Crippen LogP contribution in [-0.4, -0.2) is 28.5 Å². The summed E-state index contributed by atoms with van der Waals surface area (Å²) in [6, 6.07) is 12.6. The fourth-order valence-electron chi connectivity index (χ4n) is 2.15. The summed E-state index contributed by atoms with van der Waals surface area (Å²) in [6.45, 7) is 0.486. The molecule has 0 aliphatic carbocycles. The van der Waals surface area contributed by atoms with Crippen molar-refractivity contribution in [1.82, 2.24) is 0 Å². The molecule has 0 fully saturated rings. The van der Waals surface area contributed by atoms with Gasteiger partial charge in [-0.2, -0.15) is 0 Å². The van der Waals surface area contributed by atoms with E-state index in [0.717, 1.165) is 12.2 Å². The minimum atomic E-state index is -0.0583. The lowest BCUT2D eigenvalue weighted by Gasteiger charge is -2.10. The first-order valence-corrected chi connectivity index (χ1v) is 7.03. The Labute approximate surface area is 124 Å². The van der Waals surface area contributed by atoms with Crippen molar-refractivity contribution in [2.45, 2.75) is 19.3 Å². The molecule has 0 aliphatic rings. The van der Waals surface area contributed by atoms with Crippen molar-refractivity contribution in [3.8, 4) is 17.2 Å². The van der Waals surface area contributed by atoms with Crippen LogP contribution in [0, 0.1) is 0 Å². The topological polar surface area (TPSA) is 69.9 Å². The molecule has 0 spiro atoms. The zero-order chi connectivity index (χ0) is 15.1. The van der Waals surface area contributed by atoms with Crippen LogP contribution in [0.1, 0.15) is 17.5 Å².